The van der Waals surface area contributed by atoms with E-state index in [-0.39, 0.29) is 12.0 Å². The molecule has 0 aromatic heterocycles. The third kappa shape index (κ3) is 1.99. The van der Waals surface area contributed by atoms with Gasteiger partial charge in [-0.05, 0) is 37.5 Å². The van der Waals surface area contributed by atoms with Crippen molar-refractivity contribution in [2.75, 3.05) is 13.1 Å². The van der Waals surface area contributed by atoms with Crippen LogP contribution in [0.25, 0.3) is 0 Å². The third-order valence-corrected chi connectivity index (χ3v) is 5.30. The molecule has 96 valence electrons. The van der Waals surface area contributed by atoms with Crippen LogP contribution < -0.4 is 5.73 Å². The molecule has 1 heterocycles. The lowest BCUT2D eigenvalue weighted by Gasteiger charge is -2.26. The zero-order valence-electron chi connectivity index (χ0n) is 10.7. The van der Waals surface area contributed by atoms with Crippen molar-refractivity contribution in [3.05, 3.63) is 0 Å². The monoisotopic (exact) mass is 236 g/mol. The molecule has 3 nitrogen and oxygen atoms in total. The molecule has 1 saturated heterocycles. The second kappa shape index (κ2) is 4.27. The van der Waals surface area contributed by atoms with Crippen LogP contribution in [0.2, 0.25) is 0 Å². The minimum absolute atomic E-state index is 0.127. The summed E-state index contributed by atoms with van der Waals surface area (Å²) in [5, 5.41) is 0. The van der Waals surface area contributed by atoms with Gasteiger partial charge in [-0.15, -0.1) is 0 Å². The fourth-order valence-corrected chi connectivity index (χ4v) is 4.19. The van der Waals surface area contributed by atoms with Gasteiger partial charge in [0.1, 0.15) is 0 Å². The Morgan fingerprint density at radius 3 is 2.53 bits per heavy atom. The maximum absolute atomic E-state index is 12.4. The molecule has 2 saturated carbocycles. The van der Waals surface area contributed by atoms with Crippen LogP contribution in [0, 0.1) is 11.3 Å². The van der Waals surface area contributed by atoms with Crippen LogP contribution in [-0.4, -0.2) is 29.9 Å². The molecular weight excluding hydrogens is 212 g/mol. The number of hydrogen-bond donors (Lipinski definition) is 1. The smallest absolute Gasteiger partial charge is 0.227 e. The Morgan fingerprint density at radius 1 is 1.12 bits per heavy atom. The van der Waals surface area contributed by atoms with E-state index in [1.54, 1.807) is 0 Å². The van der Waals surface area contributed by atoms with Crippen molar-refractivity contribution in [2.24, 2.45) is 17.1 Å². The quantitative estimate of drug-likeness (QED) is 0.756. The molecule has 17 heavy (non-hydrogen) atoms. The topological polar surface area (TPSA) is 46.3 Å². The fourth-order valence-electron chi connectivity index (χ4n) is 4.19. The van der Waals surface area contributed by atoms with Crippen LogP contribution in [0.4, 0.5) is 0 Å². The van der Waals surface area contributed by atoms with Crippen LogP contribution in [0.15, 0.2) is 0 Å². The summed E-state index contributed by atoms with van der Waals surface area (Å²) >= 11 is 0. The first kappa shape index (κ1) is 11.5. The van der Waals surface area contributed by atoms with Crippen molar-refractivity contribution >= 4 is 5.91 Å². The molecule has 2 N–H and O–H groups in total. The standard InChI is InChI=1S/C14H24N2O/c15-12-5-3-4-11(12)13(17)16-9-8-14(10-16)6-1-2-7-14/h11-12H,1-10,15H2. The number of carbonyl (C=O) groups excluding carboxylic acids is 1. The van der Waals surface area contributed by atoms with Crippen LogP contribution in [0.3, 0.4) is 0 Å². The molecule has 2 unspecified atom stereocenters. The average molecular weight is 236 g/mol. The van der Waals surface area contributed by atoms with Gasteiger partial charge in [0, 0.05) is 19.1 Å². The van der Waals surface area contributed by atoms with E-state index in [2.05, 4.69) is 4.90 Å². The molecule has 3 heteroatoms. The Labute approximate surface area is 104 Å². The van der Waals surface area contributed by atoms with Gasteiger partial charge in [0.05, 0.1) is 5.92 Å². The highest BCUT2D eigenvalue weighted by Crippen LogP contribution is 2.45. The normalized spacial score (nSPS) is 35.9. The number of amides is 1. The molecule has 0 aromatic rings. The summed E-state index contributed by atoms with van der Waals surface area (Å²) in [6, 6.07) is 0.127. The first-order valence-corrected chi connectivity index (χ1v) is 7.25. The summed E-state index contributed by atoms with van der Waals surface area (Å²) in [5.74, 6) is 0.491. The maximum Gasteiger partial charge on any atom is 0.227 e. The summed E-state index contributed by atoms with van der Waals surface area (Å²) in [4.78, 5) is 14.6. The third-order valence-electron chi connectivity index (χ3n) is 5.30. The Kier molecular flexibility index (Phi) is 2.89. The molecule has 1 aliphatic heterocycles. The maximum atomic E-state index is 12.4. The van der Waals surface area contributed by atoms with E-state index >= 15 is 0 Å². The second-order valence-corrected chi connectivity index (χ2v) is 6.42. The fraction of sp³-hybridized carbons (Fsp3) is 0.929. The first-order valence-electron chi connectivity index (χ1n) is 7.25. The second-order valence-electron chi connectivity index (χ2n) is 6.42. The minimum Gasteiger partial charge on any atom is -0.342 e. The molecule has 0 radical (unpaired) electrons. The zero-order valence-corrected chi connectivity index (χ0v) is 10.7. The van der Waals surface area contributed by atoms with Gasteiger partial charge in [0.15, 0.2) is 0 Å². The first-order chi connectivity index (χ1) is 8.20. The lowest BCUT2D eigenvalue weighted by molar-refractivity contribution is -0.135. The van der Waals surface area contributed by atoms with Crippen molar-refractivity contribution in [2.45, 2.75) is 57.4 Å². The highest BCUT2D eigenvalue weighted by atomic mass is 16.2. The summed E-state index contributed by atoms with van der Waals surface area (Å²) in [5.41, 5.74) is 6.54. The number of hydrogen-bond acceptors (Lipinski definition) is 2. The van der Waals surface area contributed by atoms with E-state index in [9.17, 15) is 4.79 Å². The molecule has 3 fully saturated rings. The lowest BCUT2D eigenvalue weighted by Crippen LogP contribution is -2.41. The van der Waals surface area contributed by atoms with Gasteiger partial charge in [-0.2, -0.15) is 0 Å². The largest absolute Gasteiger partial charge is 0.342 e. The van der Waals surface area contributed by atoms with Gasteiger partial charge in [-0.3, -0.25) is 4.79 Å². The van der Waals surface area contributed by atoms with Crippen molar-refractivity contribution in [1.29, 1.82) is 0 Å². The molecule has 3 aliphatic rings. The SMILES string of the molecule is NC1CCCC1C(=O)N1CCC2(CCCC2)C1. The van der Waals surface area contributed by atoms with Crippen molar-refractivity contribution < 1.29 is 4.79 Å². The Hall–Kier alpha value is -0.570. The summed E-state index contributed by atoms with van der Waals surface area (Å²) in [7, 11) is 0. The van der Waals surface area contributed by atoms with E-state index < -0.39 is 0 Å². The van der Waals surface area contributed by atoms with Crippen molar-refractivity contribution in [3.8, 4) is 0 Å². The van der Waals surface area contributed by atoms with E-state index in [0.717, 1.165) is 32.4 Å². The van der Waals surface area contributed by atoms with Gasteiger partial charge in [-0.25, -0.2) is 0 Å². The van der Waals surface area contributed by atoms with Crippen LogP contribution in [0.5, 0.6) is 0 Å². The van der Waals surface area contributed by atoms with Gasteiger partial charge in [0.2, 0.25) is 5.91 Å². The van der Waals surface area contributed by atoms with Crippen LogP contribution >= 0.6 is 0 Å². The lowest BCUT2D eigenvalue weighted by atomic mass is 9.86. The average Bonchev–Trinajstić information content (AvgIpc) is 3.02. The minimum atomic E-state index is 0.127. The van der Waals surface area contributed by atoms with E-state index in [1.165, 1.54) is 32.1 Å². The van der Waals surface area contributed by atoms with E-state index in [0.29, 0.717) is 11.3 Å². The Morgan fingerprint density at radius 2 is 1.88 bits per heavy atom. The number of nitrogens with two attached hydrogens (primary N) is 1. The highest BCUT2D eigenvalue weighted by molar-refractivity contribution is 5.80. The van der Waals surface area contributed by atoms with Crippen LogP contribution in [-0.2, 0) is 4.79 Å². The number of likely N-dealkylation sites (tertiary alicyclic amines) is 1. The summed E-state index contributed by atoms with van der Waals surface area (Å²) in [6.07, 6.45) is 9.84. The molecular formula is C14H24N2O. The van der Waals surface area contributed by atoms with Gasteiger partial charge < -0.3 is 10.6 Å². The highest BCUT2D eigenvalue weighted by Gasteiger charge is 2.44. The Balaban J connectivity index is 1.64. The molecule has 1 amide bonds. The molecule has 0 aromatic carbocycles. The molecule has 0 bridgehead atoms. The molecule has 2 atom stereocenters. The van der Waals surface area contributed by atoms with Crippen molar-refractivity contribution in [3.63, 3.8) is 0 Å². The van der Waals surface area contributed by atoms with Gasteiger partial charge >= 0.3 is 0 Å². The predicted molar refractivity (Wildman–Crippen MR) is 67.4 cm³/mol. The number of carbonyl (C=O) groups is 1. The van der Waals surface area contributed by atoms with E-state index in [4.69, 9.17) is 5.73 Å². The van der Waals surface area contributed by atoms with Crippen LogP contribution in [0.1, 0.15) is 51.4 Å². The van der Waals surface area contributed by atoms with Gasteiger partial charge in [0.25, 0.3) is 0 Å². The predicted octanol–water partition coefficient (Wildman–Crippen LogP) is 1.91. The summed E-state index contributed by atoms with van der Waals surface area (Å²) in [6.45, 7) is 2.01. The Bertz CT molecular complexity index is 309. The number of nitrogens with zero attached hydrogens (tertiary/aromatic N) is 1. The van der Waals surface area contributed by atoms with Gasteiger partial charge in [-0.1, -0.05) is 19.3 Å². The van der Waals surface area contributed by atoms with Crippen molar-refractivity contribution in [1.82, 2.24) is 4.90 Å². The van der Waals surface area contributed by atoms with E-state index in [1.807, 2.05) is 0 Å². The molecule has 3 rings (SSSR count). The molecule has 2 aliphatic carbocycles. The number of rotatable bonds is 1. The summed E-state index contributed by atoms with van der Waals surface area (Å²) < 4.78 is 0. The molecule has 1 spiro atoms. The zero-order chi connectivity index (χ0) is 11.9.